The van der Waals surface area contributed by atoms with Crippen LogP contribution < -0.4 is 10.6 Å². The fourth-order valence-electron chi connectivity index (χ4n) is 4.05. The SMILES string of the molecule is O=C1C[C@@]2(C(=O)Nc3ccc(F)cc32)c2cnn(-c3ccc(C(F)(F)F)cc3)c2N1. The largest absolute Gasteiger partial charge is 0.416 e. The van der Waals surface area contributed by atoms with E-state index < -0.39 is 34.8 Å². The number of anilines is 2. The number of hydrogen-bond donors (Lipinski definition) is 2. The molecule has 0 bridgehead atoms. The van der Waals surface area contributed by atoms with Crippen molar-refractivity contribution in [2.75, 3.05) is 10.6 Å². The van der Waals surface area contributed by atoms with E-state index in [4.69, 9.17) is 0 Å². The highest BCUT2D eigenvalue weighted by atomic mass is 19.4. The molecule has 6 nitrogen and oxygen atoms in total. The van der Waals surface area contributed by atoms with Crippen LogP contribution in [0.25, 0.3) is 5.69 Å². The summed E-state index contributed by atoms with van der Waals surface area (Å²) in [7, 11) is 0. The third-order valence-electron chi connectivity index (χ3n) is 5.43. The van der Waals surface area contributed by atoms with Gasteiger partial charge in [0.1, 0.15) is 17.1 Å². The molecule has 0 saturated carbocycles. The van der Waals surface area contributed by atoms with Crippen molar-refractivity contribution in [1.82, 2.24) is 9.78 Å². The van der Waals surface area contributed by atoms with Gasteiger partial charge in [-0.2, -0.15) is 18.3 Å². The molecule has 0 fully saturated rings. The highest BCUT2D eigenvalue weighted by molar-refractivity contribution is 6.14. The maximum atomic E-state index is 14.0. The van der Waals surface area contributed by atoms with Gasteiger partial charge < -0.3 is 10.6 Å². The molecule has 1 spiro atoms. The first-order valence-corrected chi connectivity index (χ1v) is 8.87. The Morgan fingerprint density at radius 1 is 1.00 bits per heavy atom. The molecule has 2 aliphatic heterocycles. The van der Waals surface area contributed by atoms with E-state index in [2.05, 4.69) is 15.7 Å². The molecule has 2 N–H and O–H groups in total. The zero-order valence-electron chi connectivity index (χ0n) is 15.0. The molecule has 1 aromatic heterocycles. The molecule has 30 heavy (non-hydrogen) atoms. The summed E-state index contributed by atoms with van der Waals surface area (Å²) in [5, 5.41) is 9.50. The van der Waals surface area contributed by atoms with E-state index in [1.807, 2.05) is 0 Å². The van der Waals surface area contributed by atoms with Crippen LogP contribution in [-0.4, -0.2) is 21.6 Å². The van der Waals surface area contributed by atoms with Crippen molar-refractivity contribution in [1.29, 1.82) is 0 Å². The number of amides is 2. The van der Waals surface area contributed by atoms with Gasteiger partial charge in [-0.05, 0) is 48.0 Å². The lowest BCUT2D eigenvalue weighted by atomic mass is 9.72. The molecule has 3 aromatic rings. The predicted octanol–water partition coefficient (Wildman–Crippen LogP) is 3.61. The Hall–Kier alpha value is -3.69. The van der Waals surface area contributed by atoms with Crippen LogP contribution in [0.15, 0.2) is 48.7 Å². The highest BCUT2D eigenvalue weighted by Crippen LogP contribution is 2.50. The Balaban J connectivity index is 1.68. The second kappa shape index (κ2) is 5.91. The quantitative estimate of drug-likeness (QED) is 0.595. The average Bonchev–Trinajstić information content (AvgIpc) is 3.22. The lowest BCUT2D eigenvalue weighted by Crippen LogP contribution is -2.43. The van der Waals surface area contributed by atoms with Crippen LogP contribution in [0, 0.1) is 5.82 Å². The lowest BCUT2D eigenvalue weighted by Gasteiger charge is -2.31. The lowest BCUT2D eigenvalue weighted by molar-refractivity contribution is -0.137. The van der Waals surface area contributed by atoms with Crippen molar-refractivity contribution in [3.63, 3.8) is 0 Å². The van der Waals surface area contributed by atoms with Gasteiger partial charge in [0, 0.05) is 17.7 Å². The number of hydrogen-bond acceptors (Lipinski definition) is 3. The number of benzene rings is 2. The van der Waals surface area contributed by atoms with E-state index in [9.17, 15) is 27.2 Å². The van der Waals surface area contributed by atoms with E-state index in [-0.39, 0.29) is 17.9 Å². The van der Waals surface area contributed by atoms with Gasteiger partial charge in [-0.15, -0.1) is 0 Å². The minimum absolute atomic E-state index is 0.151. The first kappa shape index (κ1) is 18.3. The molecular formula is C20H12F4N4O2. The number of fused-ring (bicyclic) bond motifs is 4. The molecule has 0 saturated heterocycles. The molecule has 5 rings (SSSR count). The summed E-state index contributed by atoms with van der Waals surface area (Å²) in [5.41, 5.74) is -0.991. The van der Waals surface area contributed by atoms with Gasteiger partial charge in [0.25, 0.3) is 0 Å². The summed E-state index contributed by atoms with van der Waals surface area (Å²) in [5.74, 6) is -1.40. The molecule has 152 valence electrons. The number of carbonyl (C=O) groups is 2. The monoisotopic (exact) mass is 416 g/mol. The minimum Gasteiger partial charge on any atom is -0.325 e. The van der Waals surface area contributed by atoms with Crippen LogP contribution in [0.1, 0.15) is 23.1 Å². The Morgan fingerprint density at radius 2 is 1.73 bits per heavy atom. The molecule has 2 amide bonds. The summed E-state index contributed by atoms with van der Waals surface area (Å²) >= 11 is 0. The minimum atomic E-state index is -4.49. The molecular weight excluding hydrogens is 404 g/mol. The second-order valence-corrected chi connectivity index (χ2v) is 7.14. The third-order valence-corrected chi connectivity index (χ3v) is 5.43. The van der Waals surface area contributed by atoms with Crippen molar-refractivity contribution in [3.8, 4) is 5.69 Å². The summed E-state index contributed by atoms with van der Waals surface area (Å²) < 4.78 is 53.7. The number of rotatable bonds is 1. The van der Waals surface area contributed by atoms with Crippen molar-refractivity contribution >= 4 is 23.3 Å². The van der Waals surface area contributed by atoms with Crippen LogP contribution in [0.4, 0.5) is 29.1 Å². The van der Waals surface area contributed by atoms with Gasteiger partial charge in [0.15, 0.2) is 0 Å². The Morgan fingerprint density at radius 3 is 2.43 bits per heavy atom. The van der Waals surface area contributed by atoms with Gasteiger partial charge in [0.05, 0.1) is 17.4 Å². The molecule has 0 radical (unpaired) electrons. The molecule has 10 heteroatoms. The van der Waals surface area contributed by atoms with Gasteiger partial charge in [-0.3, -0.25) is 9.59 Å². The molecule has 0 unspecified atom stereocenters. The first-order valence-electron chi connectivity index (χ1n) is 8.87. The van der Waals surface area contributed by atoms with Crippen molar-refractivity contribution < 1.29 is 27.2 Å². The fraction of sp³-hybridized carbons (Fsp3) is 0.150. The topological polar surface area (TPSA) is 76.0 Å². The van der Waals surface area contributed by atoms with Crippen LogP contribution in [0.2, 0.25) is 0 Å². The number of alkyl halides is 3. The Labute approximate surface area is 166 Å². The van der Waals surface area contributed by atoms with Gasteiger partial charge in [0.2, 0.25) is 11.8 Å². The predicted molar refractivity (Wildman–Crippen MR) is 97.6 cm³/mol. The summed E-state index contributed by atoms with van der Waals surface area (Å²) in [6, 6.07) is 8.05. The van der Waals surface area contributed by atoms with E-state index in [1.54, 1.807) is 0 Å². The maximum absolute atomic E-state index is 14.0. The van der Waals surface area contributed by atoms with Crippen molar-refractivity contribution in [3.05, 3.63) is 71.2 Å². The second-order valence-electron chi connectivity index (χ2n) is 7.14. The standard InChI is InChI=1S/C20H12F4N4O2/c21-11-3-6-15-13(7-11)19(18(30)26-15)8-16(29)27-17-14(19)9-25-28(17)12-4-1-10(2-5-12)20(22,23)24/h1-7,9H,8H2,(H,26,30)(H,27,29)/t19-/m0/s1. The van der Waals surface area contributed by atoms with Gasteiger partial charge in [-0.1, -0.05) is 0 Å². The third kappa shape index (κ3) is 2.46. The Kier molecular flexibility index (Phi) is 3.61. The molecule has 0 aliphatic carbocycles. The maximum Gasteiger partial charge on any atom is 0.416 e. The zero-order chi connectivity index (χ0) is 21.3. The highest BCUT2D eigenvalue weighted by Gasteiger charge is 2.54. The summed E-state index contributed by atoms with van der Waals surface area (Å²) in [6.45, 7) is 0. The number of halogens is 4. The van der Waals surface area contributed by atoms with Crippen LogP contribution in [0.5, 0.6) is 0 Å². The van der Waals surface area contributed by atoms with Crippen LogP contribution in [0.3, 0.4) is 0 Å². The summed E-state index contributed by atoms with van der Waals surface area (Å²) in [4.78, 5) is 25.5. The smallest absolute Gasteiger partial charge is 0.325 e. The fourth-order valence-corrected chi connectivity index (χ4v) is 4.05. The van der Waals surface area contributed by atoms with E-state index in [0.29, 0.717) is 16.8 Å². The Bertz CT molecular complexity index is 1220. The van der Waals surface area contributed by atoms with E-state index >= 15 is 0 Å². The molecule has 3 heterocycles. The zero-order valence-corrected chi connectivity index (χ0v) is 15.0. The molecule has 2 aromatic carbocycles. The van der Waals surface area contributed by atoms with Crippen molar-refractivity contribution in [2.45, 2.75) is 18.0 Å². The van der Waals surface area contributed by atoms with Crippen LogP contribution in [-0.2, 0) is 21.2 Å². The molecule has 2 aliphatic rings. The number of carbonyl (C=O) groups excluding carboxylic acids is 2. The van der Waals surface area contributed by atoms with Gasteiger partial charge in [-0.25, -0.2) is 9.07 Å². The number of nitrogens with one attached hydrogen (secondary N) is 2. The summed E-state index contributed by atoms with van der Waals surface area (Å²) in [6.07, 6.45) is -3.37. The van der Waals surface area contributed by atoms with Gasteiger partial charge >= 0.3 is 6.18 Å². The van der Waals surface area contributed by atoms with E-state index in [0.717, 1.165) is 12.1 Å². The number of aromatic nitrogens is 2. The van der Waals surface area contributed by atoms with E-state index in [1.165, 1.54) is 41.2 Å². The van der Waals surface area contributed by atoms with Crippen molar-refractivity contribution in [2.24, 2.45) is 0 Å². The normalized spacial score (nSPS) is 20.0. The number of nitrogens with zero attached hydrogens (tertiary/aromatic N) is 2. The van der Waals surface area contributed by atoms with Crippen LogP contribution >= 0.6 is 0 Å². The first-order chi connectivity index (χ1) is 14.2. The molecule has 1 atom stereocenters. The average molecular weight is 416 g/mol.